The SMILES string of the molecule is CC(C)C/C=N\C(=O)OC(C)(C)C. The van der Waals surface area contributed by atoms with Crippen molar-refractivity contribution in [1.82, 2.24) is 0 Å². The molecule has 0 saturated carbocycles. The van der Waals surface area contributed by atoms with Crippen LogP contribution in [0.3, 0.4) is 0 Å². The Morgan fingerprint density at radius 3 is 2.38 bits per heavy atom. The zero-order valence-electron chi connectivity index (χ0n) is 9.13. The highest BCUT2D eigenvalue weighted by atomic mass is 16.6. The molecule has 0 heterocycles. The third kappa shape index (κ3) is 9.05. The highest BCUT2D eigenvalue weighted by Gasteiger charge is 2.14. The first-order valence-corrected chi connectivity index (χ1v) is 4.57. The molecule has 0 aromatic heterocycles. The molecule has 3 heteroatoms. The third-order valence-corrected chi connectivity index (χ3v) is 1.17. The van der Waals surface area contributed by atoms with Gasteiger partial charge in [-0.05, 0) is 33.1 Å². The minimum Gasteiger partial charge on any atom is -0.442 e. The lowest BCUT2D eigenvalue weighted by atomic mass is 10.2. The molecule has 0 aliphatic carbocycles. The number of carbonyl (C=O) groups excluding carboxylic acids is 1. The van der Waals surface area contributed by atoms with E-state index < -0.39 is 11.7 Å². The van der Waals surface area contributed by atoms with E-state index in [1.54, 1.807) is 6.21 Å². The predicted octanol–water partition coefficient (Wildman–Crippen LogP) is 3.04. The van der Waals surface area contributed by atoms with Gasteiger partial charge in [0.1, 0.15) is 5.60 Å². The van der Waals surface area contributed by atoms with Gasteiger partial charge in [-0.3, -0.25) is 0 Å². The summed E-state index contributed by atoms with van der Waals surface area (Å²) in [6.45, 7) is 9.61. The Hall–Kier alpha value is -0.860. The van der Waals surface area contributed by atoms with E-state index >= 15 is 0 Å². The molecule has 76 valence electrons. The fraction of sp³-hybridized carbons (Fsp3) is 0.800. The third-order valence-electron chi connectivity index (χ3n) is 1.17. The van der Waals surface area contributed by atoms with E-state index in [2.05, 4.69) is 18.8 Å². The average Bonchev–Trinajstić information content (AvgIpc) is 1.81. The summed E-state index contributed by atoms with van der Waals surface area (Å²) in [6.07, 6.45) is 1.91. The fourth-order valence-corrected chi connectivity index (χ4v) is 0.626. The van der Waals surface area contributed by atoms with Crippen LogP contribution < -0.4 is 0 Å². The van der Waals surface area contributed by atoms with E-state index in [-0.39, 0.29) is 0 Å². The Morgan fingerprint density at radius 2 is 2.00 bits per heavy atom. The van der Waals surface area contributed by atoms with Crippen LogP contribution >= 0.6 is 0 Å². The second-order valence-electron chi connectivity index (χ2n) is 4.42. The van der Waals surface area contributed by atoms with Crippen LogP contribution in [-0.2, 0) is 4.74 Å². The fourth-order valence-electron chi connectivity index (χ4n) is 0.626. The minimum atomic E-state index is -0.506. The van der Waals surface area contributed by atoms with Gasteiger partial charge in [-0.1, -0.05) is 13.8 Å². The van der Waals surface area contributed by atoms with Crippen LogP contribution in [0.2, 0.25) is 0 Å². The average molecular weight is 185 g/mol. The molecule has 0 atom stereocenters. The summed E-state index contributed by atoms with van der Waals surface area (Å²) in [5, 5.41) is 0. The monoisotopic (exact) mass is 185 g/mol. The molecule has 0 aliphatic heterocycles. The molecule has 0 N–H and O–H groups in total. The van der Waals surface area contributed by atoms with Gasteiger partial charge in [0.2, 0.25) is 0 Å². The smallest absolute Gasteiger partial charge is 0.433 e. The first-order chi connectivity index (χ1) is 5.81. The van der Waals surface area contributed by atoms with E-state index in [1.807, 2.05) is 20.8 Å². The molecule has 0 aromatic carbocycles. The van der Waals surface area contributed by atoms with Crippen molar-refractivity contribution in [2.45, 2.75) is 46.6 Å². The van der Waals surface area contributed by atoms with Crippen LogP contribution in [0.15, 0.2) is 4.99 Å². The molecule has 13 heavy (non-hydrogen) atoms. The standard InChI is InChI=1S/C10H19NO2/c1-8(2)6-7-11-9(12)13-10(3,4)5/h7-8H,6H2,1-5H3/b11-7-. The molecule has 0 unspecified atom stereocenters. The highest BCUT2D eigenvalue weighted by Crippen LogP contribution is 2.07. The van der Waals surface area contributed by atoms with Crippen LogP contribution in [0.1, 0.15) is 41.0 Å². The van der Waals surface area contributed by atoms with E-state index in [0.29, 0.717) is 5.92 Å². The van der Waals surface area contributed by atoms with Crippen LogP contribution in [0.25, 0.3) is 0 Å². The first kappa shape index (κ1) is 12.1. The van der Waals surface area contributed by atoms with E-state index in [9.17, 15) is 4.79 Å². The van der Waals surface area contributed by atoms with E-state index in [4.69, 9.17) is 4.74 Å². The molecule has 1 amide bonds. The number of aliphatic imine (C=N–C) groups is 1. The number of hydrogen-bond acceptors (Lipinski definition) is 2. The molecule has 0 bridgehead atoms. The highest BCUT2D eigenvalue weighted by molar-refractivity contribution is 5.79. The lowest BCUT2D eigenvalue weighted by Gasteiger charge is -2.17. The topological polar surface area (TPSA) is 38.7 Å². The summed E-state index contributed by atoms with van der Waals surface area (Å²) in [4.78, 5) is 14.7. The zero-order valence-corrected chi connectivity index (χ0v) is 9.13. The number of rotatable bonds is 2. The van der Waals surface area contributed by atoms with Gasteiger partial charge in [0.25, 0.3) is 0 Å². The van der Waals surface area contributed by atoms with Crippen molar-refractivity contribution in [2.75, 3.05) is 0 Å². The number of ether oxygens (including phenoxy) is 1. The van der Waals surface area contributed by atoms with Crippen molar-refractivity contribution in [1.29, 1.82) is 0 Å². The molecule has 0 fully saturated rings. The lowest BCUT2D eigenvalue weighted by Crippen LogP contribution is -2.21. The number of nitrogens with zero attached hydrogens (tertiary/aromatic N) is 1. The van der Waals surface area contributed by atoms with Gasteiger partial charge >= 0.3 is 6.09 Å². The molecule has 0 aromatic rings. The number of carbonyl (C=O) groups is 1. The summed E-state index contributed by atoms with van der Waals surface area (Å²) in [6, 6.07) is 0. The summed E-state index contributed by atoms with van der Waals surface area (Å²) in [5.74, 6) is 0.520. The molecular weight excluding hydrogens is 166 g/mol. The molecule has 3 nitrogen and oxygen atoms in total. The maximum Gasteiger partial charge on any atom is 0.433 e. The van der Waals surface area contributed by atoms with Gasteiger partial charge in [-0.2, -0.15) is 4.99 Å². The lowest BCUT2D eigenvalue weighted by molar-refractivity contribution is 0.0605. The van der Waals surface area contributed by atoms with Crippen LogP contribution in [0, 0.1) is 5.92 Å². The van der Waals surface area contributed by atoms with Gasteiger partial charge in [-0.15, -0.1) is 0 Å². The van der Waals surface area contributed by atoms with Gasteiger partial charge in [-0.25, -0.2) is 4.79 Å². The molecule has 0 rings (SSSR count). The largest absolute Gasteiger partial charge is 0.442 e. The summed E-state index contributed by atoms with van der Waals surface area (Å²) >= 11 is 0. The minimum absolute atomic E-state index is 0.452. The van der Waals surface area contributed by atoms with Crippen molar-refractivity contribution < 1.29 is 9.53 Å². The molecule has 0 spiro atoms. The van der Waals surface area contributed by atoms with Crippen LogP contribution in [0.4, 0.5) is 4.79 Å². The van der Waals surface area contributed by atoms with Gasteiger partial charge in [0.15, 0.2) is 0 Å². The Morgan fingerprint density at radius 1 is 1.46 bits per heavy atom. The molecule has 0 radical (unpaired) electrons. The Labute approximate surface area is 80.2 Å². The maximum absolute atomic E-state index is 11.0. The van der Waals surface area contributed by atoms with Crippen molar-refractivity contribution in [2.24, 2.45) is 10.9 Å². The molecular formula is C10H19NO2. The van der Waals surface area contributed by atoms with Crippen molar-refractivity contribution in [3.8, 4) is 0 Å². The zero-order chi connectivity index (χ0) is 10.5. The predicted molar refractivity (Wildman–Crippen MR) is 54.2 cm³/mol. The van der Waals surface area contributed by atoms with E-state index in [0.717, 1.165) is 6.42 Å². The quantitative estimate of drug-likeness (QED) is 0.620. The van der Waals surface area contributed by atoms with Gasteiger partial charge in [0, 0.05) is 6.21 Å². The normalized spacial score (nSPS) is 12.5. The van der Waals surface area contributed by atoms with Crippen LogP contribution in [-0.4, -0.2) is 17.9 Å². The Balaban J connectivity index is 3.81. The van der Waals surface area contributed by atoms with E-state index in [1.165, 1.54) is 0 Å². The Kier molecular flexibility index (Phi) is 4.67. The van der Waals surface area contributed by atoms with Crippen molar-refractivity contribution in [3.05, 3.63) is 0 Å². The van der Waals surface area contributed by atoms with Crippen molar-refractivity contribution >= 4 is 12.3 Å². The maximum atomic E-state index is 11.0. The molecule has 0 aliphatic rings. The molecule has 0 saturated heterocycles. The second-order valence-corrected chi connectivity index (χ2v) is 4.42. The first-order valence-electron chi connectivity index (χ1n) is 4.57. The van der Waals surface area contributed by atoms with Gasteiger partial charge < -0.3 is 4.74 Å². The second kappa shape index (κ2) is 5.00. The van der Waals surface area contributed by atoms with Crippen LogP contribution in [0.5, 0.6) is 0 Å². The number of hydrogen-bond donors (Lipinski definition) is 0. The summed E-state index contributed by atoms with van der Waals surface area (Å²) in [5.41, 5.74) is -0.452. The summed E-state index contributed by atoms with van der Waals surface area (Å²) in [7, 11) is 0. The number of amides is 1. The summed E-state index contributed by atoms with van der Waals surface area (Å²) < 4.78 is 4.98. The van der Waals surface area contributed by atoms with Gasteiger partial charge in [0.05, 0.1) is 0 Å². The Bertz CT molecular complexity index is 190. The van der Waals surface area contributed by atoms with Crippen molar-refractivity contribution in [3.63, 3.8) is 0 Å².